The molecule has 0 bridgehead atoms. The van der Waals surface area contributed by atoms with Crippen molar-refractivity contribution in [1.29, 1.82) is 0 Å². The van der Waals surface area contributed by atoms with Crippen molar-refractivity contribution < 1.29 is 19.0 Å². The van der Waals surface area contributed by atoms with Crippen molar-refractivity contribution in [3.05, 3.63) is 36.0 Å². The highest BCUT2D eigenvalue weighted by Crippen LogP contribution is 2.24. The van der Waals surface area contributed by atoms with Crippen LogP contribution in [-0.4, -0.2) is 54.1 Å². The van der Waals surface area contributed by atoms with E-state index in [1.54, 1.807) is 4.90 Å². The smallest absolute Gasteiger partial charge is 0.248 e. The minimum absolute atomic E-state index is 0.0546. The zero-order chi connectivity index (χ0) is 18.0. The van der Waals surface area contributed by atoms with Crippen LogP contribution in [0.5, 0.6) is 0 Å². The molecule has 0 saturated carbocycles. The van der Waals surface area contributed by atoms with Crippen molar-refractivity contribution >= 4 is 16.8 Å². The standard InChI is InChI=1S/C19H26N2O4/c1-19(2)24-12-16(25-19)11-21(18(22)13-23-4)10-15-9-14-7-5-6-8-17(14)20(15)3/h5-9,16H,10-13H2,1-4H3/t16-/m1/s1. The third-order valence-electron chi connectivity index (χ3n) is 4.52. The first-order valence-corrected chi connectivity index (χ1v) is 8.51. The van der Waals surface area contributed by atoms with Gasteiger partial charge in [-0.1, -0.05) is 18.2 Å². The van der Waals surface area contributed by atoms with Crippen LogP contribution in [0, 0.1) is 0 Å². The molecule has 2 heterocycles. The Balaban J connectivity index is 1.79. The van der Waals surface area contributed by atoms with Gasteiger partial charge in [-0.15, -0.1) is 0 Å². The normalized spacial score (nSPS) is 19.4. The fourth-order valence-electron chi connectivity index (χ4n) is 3.26. The molecular formula is C19H26N2O4. The second-order valence-electron chi connectivity index (χ2n) is 6.91. The molecule has 0 spiro atoms. The van der Waals surface area contributed by atoms with Gasteiger partial charge in [0.2, 0.25) is 5.91 Å². The van der Waals surface area contributed by atoms with Gasteiger partial charge >= 0.3 is 0 Å². The van der Waals surface area contributed by atoms with Gasteiger partial charge in [-0.05, 0) is 31.4 Å². The van der Waals surface area contributed by atoms with Crippen molar-refractivity contribution in [1.82, 2.24) is 9.47 Å². The zero-order valence-corrected chi connectivity index (χ0v) is 15.3. The second kappa shape index (κ2) is 7.15. The molecule has 3 rings (SSSR count). The molecule has 0 unspecified atom stereocenters. The molecule has 1 fully saturated rings. The van der Waals surface area contributed by atoms with E-state index in [2.05, 4.69) is 22.8 Å². The Kier molecular flexibility index (Phi) is 5.13. The van der Waals surface area contributed by atoms with Crippen molar-refractivity contribution in [2.45, 2.75) is 32.3 Å². The number of carbonyl (C=O) groups is 1. The molecule has 1 aromatic carbocycles. The van der Waals surface area contributed by atoms with Gasteiger partial charge in [0, 0.05) is 31.9 Å². The number of amides is 1. The number of methoxy groups -OCH3 is 1. The van der Waals surface area contributed by atoms with Crippen LogP contribution in [0.2, 0.25) is 0 Å². The van der Waals surface area contributed by atoms with Gasteiger partial charge in [-0.25, -0.2) is 0 Å². The molecule has 136 valence electrons. The fourth-order valence-corrected chi connectivity index (χ4v) is 3.26. The van der Waals surface area contributed by atoms with E-state index < -0.39 is 5.79 Å². The lowest BCUT2D eigenvalue weighted by molar-refractivity contribution is -0.148. The molecule has 1 aliphatic rings. The SMILES string of the molecule is COCC(=O)N(Cc1cc2ccccc2n1C)C[C@@H]1COC(C)(C)O1. The van der Waals surface area contributed by atoms with Crippen LogP contribution < -0.4 is 0 Å². The van der Waals surface area contributed by atoms with E-state index in [1.807, 2.05) is 33.0 Å². The Bertz CT molecular complexity index is 753. The maximum Gasteiger partial charge on any atom is 0.248 e. The van der Waals surface area contributed by atoms with Crippen LogP contribution in [0.15, 0.2) is 30.3 Å². The Hall–Kier alpha value is -1.89. The predicted molar refractivity (Wildman–Crippen MR) is 95.1 cm³/mol. The summed E-state index contributed by atoms with van der Waals surface area (Å²) in [5.41, 5.74) is 2.22. The zero-order valence-electron chi connectivity index (χ0n) is 15.3. The van der Waals surface area contributed by atoms with Gasteiger partial charge in [0.25, 0.3) is 0 Å². The first-order chi connectivity index (χ1) is 11.9. The van der Waals surface area contributed by atoms with Crippen molar-refractivity contribution in [2.75, 3.05) is 26.9 Å². The molecule has 2 aromatic rings. The average Bonchev–Trinajstić information content (AvgIpc) is 3.07. The number of aromatic nitrogens is 1. The molecule has 1 saturated heterocycles. The van der Waals surface area contributed by atoms with Crippen LogP contribution in [0.4, 0.5) is 0 Å². The minimum Gasteiger partial charge on any atom is -0.375 e. The number of benzene rings is 1. The second-order valence-corrected chi connectivity index (χ2v) is 6.91. The highest BCUT2D eigenvalue weighted by atomic mass is 16.7. The molecule has 6 heteroatoms. The van der Waals surface area contributed by atoms with Gasteiger partial charge in [0.1, 0.15) is 12.7 Å². The molecule has 0 N–H and O–H groups in total. The van der Waals surface area contributed by atoms with Crippen LogP contribution in [0.25, 0.3) is 10.9 Å². The third-order valence-corrected chi connectivity index (χ3v) is 4.52. The van der Waals surface area contributed by atoms with Crippen LogP contribution in [-0.2, 0) is 32.6 Å². The molecule has 1 aliphatic heterocycles. The number of ether oxygens (including phenoxy) is 3. The number of nitrogens with zero attached hydrogens (tertiary/aromatic N) is 2. The van der Waals surface area contributed by atoms with Gasteiger partial charge in [0.15, 0.2) is 5.79 Å². The molecule has 6 nitrogen and oxygen atoms in total. The Morgan fingerprint density at radius 3 is 2.80 bits per heavy atom. The lowest BCUT2D eigenvalue weighted by Crippen LogP contribution is -2.40. The summed E-state index contributed by atoms with van der Waals surface area (Å²) < 4.78 is 18.7. The number of hydrogen-bond acceptors (Lipinski definition) is 4. The van der Waals surface area contributed by atoms with E-state index in [4.69, 9.17) is 14.2 Å². The Labute approximate surface area is 148 Å². The van der Waals surface area contributed by atoms with Gasteiger partial charge < -0.3 is 23.7 Å². The topological polar surface area (TPSA) is 52.9 Å². The highest BCUT2D eigenvalue weighted by molar-refractivity contribution is 5.82. The van der Waals surface area contributed by atoms with E-state index in [0.717, 1.165) is 11.2 Å². The number of carbonyl (C=O) groups excluding carboxylic acids is 1. The third kappa shape index (κ3) is 4.03. The average molecular weight is 346 g/mol. The summed E-state index contributed by atoms with van der Waals surface area (Å²) in [6, 6.07) is 10.3. The summed E-state index contributed by atoms with van der Waals surface area (Å²) in [4.78, 5) is 14.3. The highest BCUT2D eigenvalue weighted by Gasteiger charge is 2.34. The summed E-state index contributed by atoms with van der Waals surface area (Å²) in [6.45, 7) is 5.30. The maximum absolute atomic E-state index is 12.5. The first-order valence-electron chi connectivity index (χ1n) is 8.51. The Morgan fingerprint density at radius 1 is 1.40 bits per heavy atom. The summed E-state index contributed by atoms with van der Waals surface area (Å²) >= 11 is 0. The number of hydrogen-bond donors (Lipinski definition) is 0. The maximum atomic E-state index is 12.5. The number of aryl methyl sites for hydroxylation is 1. The molecule has 1 atom stereocenters. The monoisotopic (exact) mass is 346 g/mol. The summed E-state index contributed by atoms with van der Waals surface area (Å²) in [5.74, 6) is -0.652. The molecule has 25 heavy (non-hydrogen) atoms. The lowest BCUT2D eigenvalue weighted by atomic mass is 10.2. The molecular weight excluding hydrogens is 320 g/mol. The van der Waals surface area contributed by atoms with Gasteiger partial charge in [-0.3, -0.25) is 4.79 Å². The van der Waals surface area contributed by atoms with E-state index in [-0.39, 0.29) is 18.6 Å². The molecule has 0 aliphatic carbocycles. The summed E-state index contributed by atoms with van der Waals surface area (Å²) in [6.07, 6.45) is -0.134. The first kappa shape index (κ1) is 17.9. The lowest BCUT2D eigenvalue weighted by Gasteiger charge is -2.26. The number of para-hydroxylation sites is 1. The van der Waals surface area contributed by atoms with Crippen molar-refractivity contribution in [3.8, 4) is 0 Å². The van der Waals surface area contributed by atoms with Crippen LogP contribution >= 0.6 is 0 Å². The Morgan fingerprint density at radius 2 is 2.16 bits per heavy atom. The molecule has 1 amide bonds. The van der Waals surface area contributed by atoms with Crippen molar-refractivity contribution in [3.63, 3.8) is 0 Å². The van der Waals surface area contributed by atoms with Crippen LogP contribution in [0.3, 0.4) is 0 Å². The van der Waals surface area contributed by atoms with E-state index in [9.17, 15) is 4.79 Å². The largest absolute Gasteiger partial charge is 0.375 e. The van der Waals surface area contributed by atoms with Crippen LogP contribution in [0.1, 0.15) is 19.5 Å². The van der Waals surface area contributed by atoms with E-state index in [0.29, 0.717) is 19.7 Å². The van der Waals surface area contributed by atoms with Gasteiger partial charge in [0.05, 0.1) is 13.2 Å². The quantitative estimate of drug-likeness (QED) is 0.805. The summed E-state index contributed by atoms with van der Waals surface area (Å²) in [5, 5.41) is 1.17. The molecule has 1 aromatic heterocycles. The summed E-state index contributed by atoms with van der Waals surface area (Å²) in [7, 11) is 3.56. The predicted octanol–water partition coefficient (Wildman–Crippen LogP) is 2.30. The fraction of sp³-hybridized carbons (Fsp3) is 0.526. The number of rotatable bonds is 6. The van der Waals surface area contributed by atoms with E-state index >= 15 is 0 Å². The van der Waals surface area contributed by atoms with Crippen molar-refractivity contribution in [2.24, 2.45) is 7.05 Å². The minimum atomic E-state index is -0.597. The number of fused-ring (bicyclic) bond motifs is 1. The van der Waals surface area contributed by atoms with Gasteiger partial charge in [-0.2, -0.15) is 0 Å². The van der Waals surface area contributed by atoms with E-state index in [1.165, 1.54) is 12.5 Å². The molecule has 0 radical (unpaired) electrons.